The van der Waals surface area contributed by atoms with E-state index in [4.69, 9.17) is 0 Å². The van der Waals surface area contributed by atoms with Crippen LogP contribution in [0, 0.1) is 5.92 Å². The number of H-pyrrole nitrogens is 1. The molecule has 34 heavy (non-hydrogen) atoms. The highest BCUT2D eigenvalue weighted by atomic mass is 16.4. The first kappa shape index (κ1) is 25.2. The Hall–Kier alpha value is -3.40. The van der Waals surface area contributed by atoms with Gasteiger partial charge in [0.2, 0.25) is 17.7 Å². The smallest absolute Gasteiger partial charge is 0.326 e. The van der Waals surface area contributed by atoms with E-state index in [0.29, 0.717) is 6.42 Å². The number of nitrogens with one attached hydrogen (secondary N) is 5. The molecular formula is C24H33N5O5. The maximum absolute atomic E-state index is 13.0. The Bertz CT molecular complexity index is 1030. The zero-order valence-corrected chi connectivity index (χ0v) is 19.5. The summed E-state index contributed by atoms with van der Waals surface area (Å²) in [4.78, 5) is 52.6. The topological polar surface area (TPSA) is 152 Å². The molecule has 1 aromatic heterocycles. The van der Waals surface area contributed by atoms with Gasteiger partial charge in [0, 0.05) is 23.5 Å². The van der Waals surface area contributed by atoms with Crippen LogP contribution in [0.2, 0.25) is 0 Å². The maximum Gasteiger partial charge on any atom is 0.326 e. The van der Waals surface area contributed by atoms with Crippen molar-refractivity contribution < 1.29 is 24.3 Å². The number of para-hydroxylation sites is 1. The summed E-state index contributed by atoms with van der Waals surface area (Å²) in [6.07, 6.45) is 3.91. The second-order valence-electron chi connectivity index (χ2n) is 9.08. The van der Waals surface area contributed by atoms with Crippen molar-refractivity contribution in [2.75, 3.05) is 13.1 Å². The van der Waals surface area contributed by atoms with Gasteiger partial charge in [0.15, 0.2) is 0 Å². The lowest BCUT2D eigenvalue weighted by molar-refractivity contribution is -0.142. The lowest BCUT2D eigenvalue weighted by Crippen LogP contribution is -2.54. The van der Waals surface area contributed by atoms with Gasteiger partial charge in [-0.1, -0.05) is 32.0 Å². The first-order valence-electron chi connectivity index (χ1n) is 11.6. The summed E-state index contributed by atoms with van der Waals surface area (Å²) in [6.45, 7) is 4.09. The molecule has 0 radical (unpaired) electrons. The van der Waals surface area contributed by atoms with Gasteiger partial charge in [-0.05, 0) is 43.4 Å². The van der Waals surface area contributed by atoms with E-state index in [1.165, 1.54) is 0 Å². The van der Waals surface area contributed by atoms with Gasteiger partial charge in [-0.25, -0.2) is 4.79 Å². The first-order valence-corrected chi connectivity index (χ1v) is 11.6. The number of rotatable bonds is 11. The fraction of sp³-hybridized carbons (Fsp3) is 0.500. The summed E-state index contributed by atoms with van der Waals surface area (Å²) in [5.74, 6) is -2.42. The number of benzene rings is 1. The number of carbonyl (C=O) groups excluding carboxylic acids is 3. The quantitative estimate of drug-likeness (QED) is 0.283. The zero-order valence-electron chi connectivity index (χ0n) is 19.5. The number of carbonyl (C=O) groups is 4. The summed E-state index contributed by atoms with van der Waals surface area (Å²) < 4.78 is 0. The molecule has 2 heterocycles. The maximum atomic E-state index is 13.0. The number of aromatic nitrogens is 1. The van der Waals surface area contributed by atoms with Crippen LogP contribution < -0.4 is 21.3 Å². The van der Waals surface area contributed by atoms with Crippen molar-refractivity contribution >= 4 is 34.6 Å². The molecule has 1 saturated heterocycles. The Labute approximate surface area is 198 Å². The van der Waals surface area contributed by atoms with Crippen molar-refractivity contribution in [3.63, 3.8) is 0 Å². The summed E-state index contributed by atoms with van der Waals surface area (Å²) >= 11 is 0. The highest BCUT2D eigenvalue weighted by molar-refractivity contribution is 5.93. The Morgan fingerprint density at radius 3 is 2.56 bits per heavy atom. The Morgan fingerprint density at radius 2 is 1.88 bits per heavy atom. The van der Waals surface area contributed by atoms with E-state index in [-0.39, 0.29) is 37.3 Å². The average molecular weight is 472 g/mol. The molecule has 3 amide bonds. The van der Waals surface area contributed by atoms with Crippen LogP contribution >= 0.6 is 0 Å². The molecule has 2 aromatic rings. The third-order valence-corrected chi connectivity index (χ3v) is 5.87. The predicted molar refractivity (Wildman–Crippen MR) is 127 cm³/mol. The van der Waals surface area contributed by atoms with Gasteiger partial charge in [-0.15, -0.1) is 0 Å². The van der Waals surface area contributed by atoms with E-state index in [0.717, 1.165) is 29.4 Å². The lowest BCUT2D eigenvalue weighted by atomic mass is 10.0. The number of hydrogen-bond acceptors (Lipinski definition) is 5. The van der Waals surface area contributed by atoms with E-state index in [1.54, 1.807) is 6.20 Å². The molecule has 0 aliphatic carbocycles. The number of carboxylic acid groups (broad SMARTS) is 1. The second-order valence-corrected chi connectivity index (χ2v) is 9.08. The molecule has 1 aliphatic heterocycles. The molecule has 1 aromatic carbocycles. The molecule has 0 spiro atoms. The third kappa shape index (κ3) is 6.80. The van der Waals surface area contributed by atoms with Crippen LogP contribution in [-0.4, -0.2) is 65.0 Å². The molecule has 3 atom stereocenters. The van der Waals surface area contributed by atoms with Crippen molar-refractivity contribution in [1.82, 2.24) is 26.3 Å². The summed E-state index contributed by atoms with van der Waals surface area (Å²) in [7, 11) is 0. The molecule has 0 bridgehead atoms. The fourth-order valence-electron chi connectivity index (χ4n) is 4.14. The number of fused-ring (bicyclic) bond motifs is 1. The fourth-order valence-corrected chi connectivity index (χ4v) is 4.14. The van der Waals surface area contributed by atoms with Crippen molar-refractivity contribution in [3.05, 3.63) is 36.0 Å². The van der Waals surface area contributed by atoms with Gasteiger partial charge in [0.05, 0.1) is 12.6 Å². The molecule has 184 valence electrons. The van der Waals surface area contributed by atoms with Crippen molar-refractivity contribution in [1.29, 1.82) is 0 Å². The Balaban J connectivity index is 1.66. The van der Waals surface area contributed by atoms with E-state index >= 15 is 0 Å². The van der Waals surface area contributed by atoms with Gasteiger partial charge < -0.3 is 31.4 Å². The second kappa shape index (κ2) is 11.6. The zero-order chi connectivity index (χ0) is 24.7. The van der Waals surface area contributed by atoms with Gasteiger partial charge in [0.25, 0.3) is 0 Å². The predicted octanol–water partition coefficient (Wildman–Crippen LogP) is 0.679. The van der Waals surface area contributed by atoms with Crippen LogP contribution in [0.5, 0.6) is 0 Å². The minimum absolute atomic E-state index is 0.0796. The monoisotopic (exact) mass is 471 g/mol. The largest absolute Gasteiger partial charge is 0.480 e. The molecular weight excluding hydrogens is 438 g/mol. The molecule has 1 fully saturated rings. The van der Waals surface area contributed by atoms with Gasteiger partial charge in [-0.2, -0.15) is 0 Å². The molecule has 1 aliphatic rings. The van der Waals surface area contributed by atoms with Crippen molar-refractivity contribution in [2.24, 2.45) is 5.92 Å². The van der Waals surface area contributed by atoms with Crippen LogP contribution in [0.1, 0.15) is 38.7 Å². The van der Waals surface area contributed by atoms with Crippen LogP contribution in [0.4, 0.5) is 0 Å². The number of aliphatic carboxylic acids is 1. The molecule has 6 N–H and O–H groups in total. The van der Waals surface area contributed by atoms with Crippen LogP contribution in [0.15, 0.2) is 30.5 Å². The van der Waals surface area contributed by atoms with Crippen LogP contribution in [-0.2, 0) is 25.6 Å². The molecule has 3 rings (SSSR count). The number of amides is 3. The summed E-state index contributed by atoms with van der Waals surface area (Å²) in [6, 6.07) is 5.39. The molecule has 0 saturated carbocycles. The minimum atomic E-state index is -1.12. The standard InChI is InChI=1S/C24H33N5O5/c1-14(2)10-20(24(33)34)28-21(30)13-27-22(31)19(29-23(32)18-8-5-9-25-18)11-15-12-26-17-7-4-3-6-16(15)17/h3-4,6-7,12,14,18-20,25-26H,5,8-11,13H2,1-2H3,(H,27,31)(H,28,30)(H,29,32)(H,33,34). The number of hydrogen-bond donors (Lipinski definition) is 6. The number of aromatic amines is 1. The first-order chi connectivity index (χ1) is 16.2. The van der Waals surface area contributed by atoms with E-state index in [1.807, 2.05) is 38.1 Å². The average Bonchev–Trinajstić information content (AvgIpc) is 3.47. The van der Waals surface area contributed by atoms with Gasteiger partial charge in [-0.3, -0.25) is 14.4 Å². The Kier molecular flexibility index (Phi) is 8.64. The van der Waals surface area contributed by atoms with Crippen LogP contribution in [0.25, 0.3) is 10.9 Å². The molecule has 10 nitrogen and oxygen atoms in total. The number of carboxylic acids is 1. The van der Waals surface area contributed by atoms with E-state index < -0.39 is 29.9 Å². The van der Waals surface area contributed by atoms with Gasteiger partial charge >= 0.3 is 5.97 Å². The SMILES string of the molecule is CC(C)CC(NC(=O)CNC(=O)C(Cc1c[nH]c2ccccc12)NC(=O)C1CCCN1)C(=O)O. The van der Waals surface area contributed by atoms with E-state index in [2.05, 4.69) is 26.3 Å². The highest BCUT2D eigenvalue weighted by Gasteiger charge is 2.29. The summed E-state index contributed by atoms with van der Waals surface area (Å²) in [5.41, 5.74) is 1.78. The normalized spacial score (nSPS) is 17.3. The highest BCUT2D eigenvalue weighted by Crippen LogP contribution is 2.19. The van der Waals surface area contributed by atoms with E-state index in [9.17, 15) is 24.3 Å². The minimum Gasteiger partial charge on any atom is -0.480 e. The van der Waals surface area contributed by atoms with Crippen molar-refractivity contribution in [2.45, 2.75) is 57.7 Å². The summed E-state index contributed by atoms with van der Waals surface area (Å²) in [5, 5.41) is 21.2. The molecule has 10 heteroatoms. The van der Waals surface area contributed by atoms with Crippen molar-refractivity contribution in [3.8, 4) is 0 Å². The lowest BCUT2D eigenvalue weighted by Gasteiger charge is -2.21. The Morgan fingerprint density at radius 1 is 1.12 bits per heavy atom. The third-order valence-electron chi connectivity index (χ3n) is 5.87. The van der Waals surface area contributed by atoms with Gasteiger partial charge in [0.1, 0.15) is 12.1 Å². The molecule has 3 unspecified atom stereocenters. The van der Waals surface area contributed by atoms with Crippen LogP contribution in [0.3, 0.4) is 0 Å².